The number of rotatable bonds is 3. The van der Waals surface area contributed by atoms with Crippen LogP contribution in [0.2, 0.25) is 0 Å². The topological polar surface area (TPSA) is 85.1 Å². The minimum Gasteiger partial charge on any atom is -0.326 e. The van der Waals surface area contributed by atoms with E-state index in [4.69, 9.17) is 5.14 Å². The SMILES string of the molecule is CC1CCC(F)(F)C[C@H]1C(=O)Nc1ccnc(S(N)=O)c1. The van der Waals surface area contributed by atoms with Crippen molar-refractivity contribution >= 4 is 22.6 Å². The second-order valence-corrected chi connectivity index (χ2v) is 6.37. The van der Waals surface area contributed by atoms with Crippen LogP contribution in [-0.4, -0.2) is 21.0 Å². The second kappa shape index (κ2) is 6.15. The Hall–Kier alpha value is -1.41. The molecule has 0 bridgehead atoms. The number of carbonyl (C=O) groups is 1. The van der Waals surface area contributed by atoms with Gasteiger partial charge in [0.15, 0.2) is 0 Å². The largest absolute Gasteiger partial charge is 0.326 e. The predicted molar refractivity (Wildman–Crippen MR) is 74.9 cm³/mol. The van der Waals surface area contributed by atoms with Gasteiger partial charge in [0, 0.05) is 30.6 Å². The van der Waals surface area contributed by atoms with E-state index in [1.165, 1.54) is 18.3 Å². The van der Waals surface area contributed by atoms with E-state index in [0.717, 1.165) is 0 Å². The molecule has 116 valence electrons. The Kier molecular flexibility index (Phi) is 4.67. The van der Waals surface area contributed by atoms with E-state index in [1.807, 2.05) is 0 Å². The number of pyridine rings is 1. The number of nitrogens with one attached hydrogen (secondary N) is 1. The molecule has 0 radical (unpaired) electrons. The van der Waals surface area contributed by atoms with Crippen molar-refractivity contribution in [2.75, 3.05) is 5.32 Å². The van der Waals surface area contributed by atoms with E-state index in [2.05, 4.69) is 10.3 Å². The highest BCUT2D eigenvalue weighted by Gasteiger charge is 2.42. The Balaban J connectivity index is 2.10. The van der Waals surface area contributed by atoms with Crippen LogP contribution in [0.5, 0.6) is 0 Å². The highest BCUT2D eigenvalue weighted by molar-refractivity contribution is 7.82. The van der Waals surface area contributed by atoms with Gasteiger partial charge in [-0.25, -0.2) is 23.1 Å². The van der Waals surface area contributed by atoms with Crippen molar-refractivity contribution in [2.45, 2.75) is 37.1 Å². The Morgan fingerprint density at radius 2 is 2.29 bits per heavy atom. The first kappa shape index (κ1) is 16.0. The molecule has 5 nitrogen and oxygen atoms in total. The summed E-state index contributed by atoms with van der Waals surface area (Å²) < 4.78 is 38.0. The summed E-state index contributed by atoms with van der Waals surface area (Å²) in [4.78, 5) is 16.0. The lowest BCUT2D eigenvalue weighted by Crippen LogP contribution is -2.38. The number of alkyl halides is 2. The van der Waals surface area contributed by atoms with Crippen molar-refractivity contribution in [2.24, 2.45) is 17.0 Å². The molecular weight excluding hydrogens is 300 g/mol. The normalized spacial score (nSPS) is 26.1. The van der Waals surface area contributed by atoms with Gasteiger partial charge in [-0.15, -0.1) is 0 Å². The predicted octanol–water partition coefficient (Wildman–Crippen LogP) is 2.07. The molecule has 1 saturated carbocycles. The summed E-state index contributed by atoms with van der Waals surface area (Å²) in [6.45, 7) is 1.80. The van der Waals surface area contributed by atoms with Gasteiger partial charge in [0.2, 0.25) is 11.8 Å². The Morgan fingerprint density at radius 3 is 2.95 bits per heavy atom. The number of aromatic nitrogens is 1. The number of hydrogen-bond acceptors (Lipinski definition) is 3. The second-order valence-electron chi connectivity index (χ2n) is 5.35. The van der Waals surface area contributed by atoms with Gasteiger partial charge in [0.25, 0.3) is 0 Å². The Morgan fingerprint density at radius 1 is 1.57 bits per heavy atom. The third-order valence-corrected chi connectivity index (χ3v) is 4.35. The first-order valence-electron chi connectivity index (χ1n) is 6.59. The minimum absolute atomic E-state index is 0.102. The molecular formula is C13H17F2N3O2S. The van der Waals surface area contributed by atoms with E-state index in [9.17, 15) is 17.8 Å². The van der Waals surface area contributed by atoms with Crippen molar-refractivity contribution < 1.29 is 17.8 Å². The van der Waals surface area contributed by atoms with Gasteiger partial charge in [-0.3, -0.25) is 4.79 Å². The first-order valence-corrected chi connectivity index (χ1v) is 7.81. The van der Waals surface area contributed by atoms with Crippen LogP contribution in [0.25, 0.3) is 0 Å². The molecule has 1 aliphatic carbocycles. The number of carbonyl (C=O) groups excluding carboxylic acids is 1. The number of halogens is 2. The zero-order valence-electron chi connectivity index (χ0n) is 11.5. The van der Waals surface area contributed by atoms with Crippen molar-refractivity contribution in [3.63, 3.8) is 0 Å². The highest BCUT2D eigenvalue weighted by Crippen LogP contribution is 2.40. The fourth-order valence-corrected chi connectivity index (χ4v) is 2.86. The van der Waals surface area contributed by atoms with Crippen molar-refractivity contribution in [1.82, 2.24) is 4.98 Å². The molecule has 2 unspecified atom stereocenters. The van der Waals surface area contributed by atoms with Crippen LogP contribution in [-0.2, 0) is 15.8 Å². The van der Waals surface area contributed by atoms with E-state index in [-0.39, 0.29) is 17.4 Å². The van der Waals surface area contributed by atoms with Crippen LogP contribution >= 0.6 is 0 Å². The molecule has 1 aromatic rings. The van der Waals surface area contributed by atoms with Crippen LogP contribution in [0, 0.1) is 11.8 Å². The molecule has 1 aliphatic rings. The number of anilines is 1. The van der Waals surface area contributed by atoms with Crippen LogP contribution in [0.3, 0.4) is 0 Å². The monoisotopic (exact) mass is 317 g/mol. The van der Waals surface area contributed by atoms with Crippen molar-refractivity contribution in [3.05, 3.63) is 18.3 Å². The maximum Gasteiger partial charge on any atom is 0.248 e. The molecule has 3 atom stereocenters. The van der Waals surface area contributed by atoms with Gasteiger partial charge in [0.1, 0.15) is 16.0 Å². The zero-order valence-corrected chi connectivity index (χ0v) is 12.3. The van der Waals surface area contributed by atoms with Crippen LogP contribution < -0.4 is 10.5 Å². The van der Waals surface area contributed by atoms with Crippen molar-refractivity contribution in [3.8, 4) is 0 Å². The fraction of sp³-hybridized carbons (Fsp3) is 0.538. The third kappa shape index (κ3) is 4.04. The third-order valence-electron chi connectivity index (χ3n) is 3.72. The number of nitrogens with zero attached hydrogens (tertiary/aromatic N) is 1. The maximum atomic E-state index is 13.5. The standard InChI is InChI=1S/C13H17F2N3O2S/c1-8-2-4-13(14,15)7-10(8)12(19)18-9-3-5-17-11(6-9)21(16)20/h3,5-6,8,10H,2,4,7,16H2,1H3,(H,17,18,19)/t8?,10-,21?/m1/s1. The fourth-order valence-electron chi connectivity index (χ4n) is 2.45. The van der Waals surface area contributed by atoms with Crippen molar-refractivity contribution in [1.29, 1.82) is 0 Å². The quantitative estimate of drug-likeness (QED) is 0.895. The van der Waals surface area contributed by atoms with E-state index >= 15 is 0 Å². The average molecular weight is 317 g/mol. The lowest BCUT2D eigenvalue weighted by atomic mass is 9.78. The van der Waals surface area contributed by atoms with Gasteiger partial charge in [-0.05, 0) is 24.5 Å². The molecule has 1 aromatic heterocycles. The smallest absolute Gasteiger partial charge is 0.248 e. The maximum absolute atomic E-state index is 13.5. The molecule has 21 heavy (non-hydrogen) atoms. The van der Waals surface area contributed by atoms with E-state index in [0.29, 0.717) is 12.1 Å². The van der Waals surface area contributed by atoms with Gasteiger partial charge >= 0.3 is 0 Å². The summed E-state index contributed by atoms with van der Waals surface area (Å²) in [5.74, 6) is -4.10. The Bertz CT molecular complexity index is 568. The lowest BCUT2D eigenvalue weighted by molar-refractivity contribution is -0.130. The zero-order chi connectivity index (χ0) is 15.6. The molecule has 1 amide bonds. The molecule has 3 N–H and O–H groups in total. The molecule has 0 aromatic carbocycles. The van der Waals surface area contributed by atoms with Crippen LogP contribution in [0.1, 0.15) is 26.2 Å². The van der Waals surface area contributed by atoms with Gasteiger partial charge in [0.05, 0.1) is 0 Å². The van der Waals surface area contributed by atoms with E-state index in [1.54, 1.807) is 6.92 Å². The molecule has 0 aliphatic heterocycles. The number of nitrogens with two attached hydrogens (primary N) is 1. The summed E-state index contributed by atoms with van der Waals surface area (Å²) in [5.41, 5.74) is 0.352. The minimum atomic E-state index is -2.79. The molecule has 1 fully saturated rings. The summed E-state index contributed by atoms with van der Waals surface area (Å²) in [5, 5.41) is 7.90. The average Bonchev–Trinajstić information content (AvgIpc) is 2.41. The summed E-state index contributed by atoms with van der Waals surface area (Å²) >= 11 is 0. The summed E-state index contributed by atoms with van der Waals surface area (Å²) in [6, 6.07) is 2.87. The summed E-state index contributed by atoms with van der Waals surface area (Å²) in [7, 11) is -1.76. The molecule has 0 saturated heterocycles. The van der Waals surface area contributed by atoms with Crippen LogP contribution in [0.4, 0.5) is 14.5 Å². The number of hydrogen-bond donors (Lipinski definition) is 2. The van der Waals surface area contributed by atoms with E-state index < -0.39 is 35.2 Å². The first-order chi connectivity index (χ1) is 9.78. The lowest BCUT2D eigenvalue weighted by Gasteiger charge is -2.33. The highest BCUT2D eigenvalue weighted by atomic mass is 32.2. The summed E-state index contributed by atoms with van der Waals surface area (Å²) in [6.07, 6.45) is 1.05. The van der Waals surface area contributed by atoms with Gasteiger partial charge in [-0.2, -0.15) is 0 Å². The molecule has 8 heteroatoms. The molecule has 1 heterocycles. The molecule has 0 spiro atoms. The van der Waals surface area contributed by atoms with Crippen LogP contribution in [0.15, 0.2) is 23.4 Å². The van der Waals surface area contributed by atoms with Gasteiger partial charge < -0.3 is 5.32 Å². The number of amides is 1. The molecule has 2 rings (SSSR count). The van der Waals surface area contributed by atoms with Gasteiger partial charge in [-0.1, -0.05) is 6.92 Å². The Labute approximate surface area is 123 Å².